The maximum Gasteiger partial charge on any atom is 0.259 e. The highest BCUT2D eigenvalue weighted by Crippen LogP contribution is 2.36. The molecule has 3 aromatic rings. The van der Waals surface area contributed by atoms with E-state index in [-0.39, 0.29) is 11.6 Å². The third-order valence-electron chi connectivity index (χ3n) is 4.83. The molecule has 1 aliphatic carbocycles. The molecule has 0 radical (unpaired) electrons. The second-order valence-corrected chi connectivity index (χ2v) is 7.28. The molecule has 0 saturated carbocycles. The molecule has 1 atom stereocenters. The summed E-state index contributed by atoms with van der Waals surface area (Å²) < 4.78 is 1.66. The molecular weight excluding hydrogens is 330 g/mol. The summed E-state index contributed by atoms with van der Waals surface area (Å²) in [5.74, 6) is 2.77. The van der Waals surface area contributed by atoms with E-state index in [1.54, 1.807) is 10.5 Å². The summed E-state index contributed by atoms with van der Waals surface area (Å²) in [5, 5.41) is 1.96. The molecule has 0 spiro atoms. The highest BCUT2D eigenvalue weighted by molar-refractivity contribution is 7.15. The number of fused-ring (bicyclic) bond motifs is 2. The van der Waals surface area contributed by atoms with Gasteiger partial charge < -0.3 is 0 Å². The Morgan fingerprint density at radius 3 is 3.12 bits per heavy atom. The van der Waals surface area contributed by atoms with E-state index in [1.807, 2.05) is 12.3 Å². The van der Waals surface area contributed by atoms with Gasteiger partial charge in [0.05, 0.1) is 12.2 Å². The van der Waals surface area contributed by atoms with Crippen molar-refractivity contribution in [2.45, 2.75) is 32.4 Å². The number of benzene rings is 1. The lowest BCUT2D eigenvalue weighted by molar-refractivity contribution is 0.211. The average Bonchev–Trinajstić information content (AvgIpc) is 3.19. The molecule has 4 nitrogen and oxygen atoms in total. The van der Waals surface area contributed by atoms with Crippen molar-refractivity contribution in [2.75, 3.05) is 6.54 Å². The lowest BCUT2D eigenvalue weighted by Gasteiger charge is -2.27. The summed E-state index contributed by atoms with van der Waals surface area (Å²) in [6.45, 7) is 3.06. The number of thiazole rings is 1. The zero-order valence-electron chi connectivity index (χ0n) is 14.1. The second kappa shape index (κ2) is 6.47. The Labute approximate surface area is 150 Å². The molecule has 1 aromatic carbocycles. The maximum atomic E-state index is 12.4. The normalized spacial score (nSPS) is 16.3. The van der Waals surface area contributed by atoms with Crippen LogP contribution in [0.1, 0.15) is 35.0 Å². The summed E-state index contributed by atoms with van der Waals surface area (Å²) in [6, 6.07) is 10.5. The van der Waals surface area contributed by atoms with E-state index >= 15 is 0 Å². The van der Waals surface area contributed by atoms with Gasteiger partial charge in [-0.3, -0.25) is 14.1 Å². The molecule has 0 amide bonds. The van der Waals surface area contributed by atoms with Gasteiger partial charge in [0.2, 0.25) is 0 Å². The predicted molar refractivity (Wildman–Crippen MR) is 101 cm³/mol. The molecule has 1 aliphatic rings. The van der Waals surface area contributed by atoms with Gasteiger partial charge in [-0.2, -0.15) is 0 Å². The first-order chi connectivity index (χ1) is 12.2. The first kappa shape index (κ1) is 16.1. The summed E-state index contributed by atoms with van der Waals surface area (Å²) in [5.41, 5.74) is 4.43. The van der Waals surface area contributed by atoms with Crippen LogP contribution in [-0.4, -0.2) is 20.8 Å². The van der Waals surface area contributed by atoms with Gasteiger partial charge in [0.25, 0.3) is 5.56 Å². The maximum absolute atomic E-state index is 12.4. The van der Waals surface area contributed by atoms with E-state index in [1.165, 1.54) is 22.5 Å². The van der Waals surface area contributed by atoms with Crippen LogP contribution in [0.4, 0.5) is 0 Å². The standard InChI is InChI=1S/C20H19N3OS/c1-3-10-22(18-9-8-15-6-4-5-7-17(15)18)12-16-11-19(24)23-14(2)13-25-20(23)21-16/h1,4-7,11,13,18H,8-10,12H2,2H3. The fourth-order valence-corrected chi connectivity index (χ4v) is 4.59. The topological polar surface area (TPSA) is 37.6 Å². The number of terminal acetylenes is 1. The van der Waals surface area contributed by atoms with Gasteiger partial charge in [0.15, 0.2) is 4.96 Å². The Hall–Kier alpha value is -2.42. The molecule has 126 valence electrons. The Kier molecular flexibility index (Phi) is 4.16. The van der Waals surface area contributed by atoms with E-state index in [2.05, 4.69) is 40.1 Å². The van der Waals surface area contributed by atoms with E-state index in [9.17, 15) is 4.79 Å². The van der Waals surface area contributed by atoms with Crippen LogP contribution in [0.25, 0.3) is 4.96 Å². The largest absolute Gasteiger partial charge is 0.279 e. The van der Waals surface area contributed by atoms with Crippen LogP contribution >= 0.6 is 11.3 Å². The Morgan fingerprint density at radius 2 is 2.28 bits per heavy atom. The van der Waals surface area contributed by atoms with E-state index < -0.39 is 0 Å². The second-order valence-electron chi connectivity index (χ2n) is 6.44. The first-order valence-electron chi connectivity index (χ1n) is 8.39. The van der Waals surface area contributed by atoms with Crippen molar-refractivity contribution in [1.82, 2.24) is 14.3 Å². The predicted octanol–water partition coefficient (Wildman–Crippen LogP) is 3.19. The van der Waals surface area contributed by atoms with Crippen molar-refractivity contribution in [3.05, 3.63) is 68.6 Å². The number of hydrogen-bond donors (Lipinski definition) is 0. The van der Waals surface area contributed by atoms with Crippen LogP contribution in [-0.2, 0) is 13.0 Å². The molecule has 4 rings (SSSR count). The zero-order valence-corrected chi connectivity index (χ0v) is 14.9. The SMILES string of the molecule is C#CCN(Cc1cc(=O)n2c(C)csc2n1)C1CCc2ccccc21. The fourth-order valence-electron chi connectivity index (χ4n) is 3.70. The molecule has 0 aliphatic heterocycles. The number of aromatic nitrogens is 2. The highest BCUT2D eigenvalue weighted by Gasteiger charge is 2.27. The minimum absolute atomic E-state index is 0.0220. The lowest BCUT2D eigenvalue weighted by Crippen LogP contribution is -2.29. The third-order valence-corrected chi connectivity index (χ3v) is 5.77. The molecule has 2 aromatic heterocycles. The van der Waals surface area contributed by atoms with Crippen molar-refractivity contribution in [2.24, 2.45) is 0 Å². The molecule has 0 saturated heterocycles. The van der Waals surface area contributed by atoms with Crippen molar-refractivity contribution >= 4 is 16.3 Å². The Morgan fingerprint density at radius 1 is 1.44 bits per heavy atom. The van der Waals surface area contributed by atoms with Gasteiger partial charge in [-0.1, -0.05) is 30.2 Å². The number of hydrogen-bond acceptors (Lipinski definition) is 4. The smallest absolute Gasteiger partial charge is 0.259 e. The minimum atomic E-state index is -0.0220. The fraction of sp³-hybridized carbons (Fsp3) is 0.300. The van der Waals surface area contributed by atoms with E-state index in [4.69, 9.17) is 6.42 Å². The first-order valence-corrected chi connectivity index (χ1v) is 9.27. The van der Waals surface area contributed by atoms with Crippen molar-refractivity contribution in [3.8, 4) is 12.3 Å². The zero-order chi connectivity index (χ0) is 17.4. The molecule has 25 heavy (non-hydrogen) atoms. The van der Waals surface area contributed by atoms with E-state index in [0.29, 0.717) is 13.1 Å². The van der Waals surface area contributed by atoms with Crippen LogP contribution in [0.15, 0.2) is 40.5 Å². The van der Waals surface area contributed by atoms with Crippen LogP contribution in [0.2, 0.25) is 0 Å². The molecule has 0 N–H and O–H groups in total. The third kappa shape index (κ3) is 2.88. The molecule has 2 heterocycles. The Balaban J connectivity index is 1.67. The number of nitrogens with zero attached hydrogens (tertiary/aromatic N) is 3. The minimum Gasteiger partial charge on any atom is -0.279 e. The molecular formula is C20H19N3OS. The highest BCUT2D eigenvalue weighted by atomic mass is 32.1. The van der Waals surface area contributed by atoms with Crippen molar-refractivity contribution in [3.63, 3.8) is 0 Å². The van der Waals surface area contributed by atoms with Crippen LogP contribution in [0.5, 0.6) is 0 Å². The molecule has 1 unspecified atom stereocenters. The van der Waals surface area contributed by atoms with Gasteiger partial charge in [0, 0.05) is 29.7 Å². The Bertz CT molecular complexity index is 1030. The number of aryl methyl sites for hydroxylation is 2. The van der Waals surface area contributed by atoms with Gasteiger partial charge in [-0.25, -0.2) is 4.98 Å². The summed E-state index contributed by atoms with van der Waals surface area (Å²) in [7, 11) is 0. The van der Waals surface area contributed by atoms with Crippen molar-refractivity contribution < 1.29 is 0 Å². The average molecular weight is 349 g/mol. The summed E-state index contributed by atoms with van der Waals surface area (Å²) >= 11 is 1.50. The summed E-state index contributed by atoms with van der Waals surface area (Å²) in [6.07, 6.45) is 7.75. The summed E-state index contributed by atoms with van der Waals surface area (Å²) in [4.78, 5) is 20.1. The molecule has 0 fully saturated rings. The monoisotopic (exact) mass is 349 g/mol. The van der Waals surface area contributed by atoms with Gasteiger partial charge in [-0.05, 0) is 30.9 Å². The lowest BCUT2D eigenvalue weighted by atomic mass is 10.1. The quantitative estimate of drug-likeness (QED) is 0.679. The van der Waals surface area contributed by atoms with Gasteiger partial charge >= 0.3 is 0 Å². The molecule has 5 heteroatoms. The van der Waals surface area contributed by atoms with Gasteiger partial charge in [-0.15, -0.1) is 17.8 Å². The molecule has 0 bridgehead atoms. The van der Waals surface area contributed by atoms with Crippen molar-refractivity contribution in [1.29, 1.82) is 0 Å². The van der Waals surface area contributed by atoms with Gasteiger partial charge in [0.1, 0.15) is 0 Å². The van der Waals surface area contributed by atoms with Crippen LogP contribution in [0.3, 0.4) is 0 Å². The van der Waals surface area contributed by atoms with Crippen LogP contribution < -0.4 is 5.56 Å². The van der Waals surface area contributed by atoms with Crippen LogP contribution in [0, 0.1) is 19.3 Å². The number of rotatable bonds is 4. The van der Waals surface area contributed by atoms with E-state index in [0.717, 1.165) is 29.2 Å².